The Labute approximate surface area is 244 Å². The summed E-state index contributed by atoms with van der Waals surface area (Å²) in [5.41, 5.74) is 6.25. The first kappa shape index (κ1) is 34.0. The summed E-state index contributed by atoms with van der Waals surface area (Å²) in [5, 5.41) is 1.19. The number of rotatable bonds is 14. The minimum atomic E-state index is -1.08. The van der Waals surface area contributed by atoms with Gasteiger partial charge >= 0.3 is 5.97 Å². The number of esters is 1. The molecule has 3 amide bonds. The Morgan fingerprint density at radius 2 is 1.71 bits per heavy atom. The molecule has 1 unspecified atom stereocenters. The van der Waals surface area contributed by atoms with Crippen LogP contribution in [0.2, 0.25) is 0 Å². The molecule has 0 aliphatic carbocycles. The summed E-state index contributed by atoms with van der Waals surface area (Å²) in [6.45, 7) is 11.2. The molecule has 1 aromatic carbocycles. The van der Waals surface area contributed by atoms with Crippen molar-refractivity contribution in [3.8, 4) is 0 Å². The minimum Gasteiger partial charge on any atom is -0.453 e. The summed E-state index contributed by atoms with van der Waals surface area (Å²) in [6.07, 6.45) is 5.38. The number of hydrogen-bond donors (Lipinski definition) is 2. The fourth-order valence-electron chi connectivity index (χ4n) is 4.63. The van der Waals surface area contributed by atoms with Gasteiger partial charge in [-0.25, -0.2) is 10.3 Å². The zero-order valence-electron chi connectivity index (χ0n) is 25.3. The van der Waals surface area contributed by atoms with Gasteiger partial charge in [0, 0.05) is 26.5 Å². The highest BCUT2D eigenvalue weighted by Crippen LogP contribution is 2.26. The Hall–Kier alpha value is -3.24. The molecule has 0 saturated carbocycles. The first-order valence-corrected chi connectivity index (χ1v) is 14.6. The number of hydroxylamine groups is 1. The molecular weight excluding hydrogens is 526 g/mol. The maximum absolute atomic E-state index is 13.8. The summed E-state index contributed by atoms with van der Waals surface area (Å²) in [4.78, 5) is 57.5. The Bertz CT molecular complexity index is 1010. The lowest BCUT2D eigenvalue weighted by atomic mass is 9.82. The molecule has 4 atom stereocenters. The smallest absolute Gasteiger partial charge is 0.303 e. The third-order valence-electron chi connectivity index (χ3n) is 6.56. The Morgan fingerprint density at radius 3 is 2.29 bits per heavy atom. The zero-order valence-corrected chi connectivity index (χ0v) is 25.3. The van der Waals surface area contributed by atoms with E-state index in [1.807, 2.05) is 70.2 Å². The predicted octanol–water partition coefficient (Wildman–Crippen LogP) is 4.41. The second-order valence-electron chi connectivity index (χ2n) is 11.3. The van der Waals surface area contributed by atoms with E-state index in [0.29, 0.717) is 19.4 Å². The molecule has 1 saturated heterocycles. The van der Waals surface area contributed by atoms with Crippen LogP contribution in [0.3, 0.4) is 0 Å². The second kappa shape index (κ2) is 17.5. The van der Waals surface area contributed by atoms with Gasteiger partial charge in [-0.2, -0.15) is 0 Å². The van der Waals surface area contributed by atoms with Crippen molar-refractivity contribution >= 4 is 29.8 Å². The van der Waals surface area contributed by atoms with Crippen molar-refractivity contribution in [1.82, 2.24) is 15.9 Å². The predicted molar refractivity (Wildman–Crippen MR) is 155 cm³/mol. The summed E-state index contributed by atoms with van der Waals surface area (Å²) in [6, 6.07) is 9.68. The monoisotopic (exact) mass is 573 g/mol. The lowest BCUT2D eigenvalue weighted by Gasteiger charge is -2.32. The molecule has 1 aromatic rings. The van der Waals surface area contributed by atoms with Crippen LogP contribution in [-0.2, 0) is 33.5 Å². The number of hydrogen-bond acceptors (Lipinski definition) is 7. The van der Waals surface area contributed by atoms with Gasteiger partial charge in [0.05, 0.1) is 11.8 Å². The average molecular weight is 574 g/mol. The maximum Gasteiger partial charge on any atom is 0.303 e. The Kier molecular flexibility index (Phi) is 14.5. The van der Waals surface area contributed by atoms with Crippen molar-refractivity contribution < 1.29 is 33.5 Å². The van der Waals surface area contributed by atoms with Crippen LogP contribution >= 0.6 is 0 Å². The molecule has 41 heavy (non-hydrogen) atoms. The van der Waals surface area contributed by atoms with Gasteiger partial charge in [0.15, 0.2) is 12.4 Å². The number of carbonyl (C=O) groups is 4. The van der Waals surface area contributed by atoms with Crippen LogP contribution in [-0.4, -0.2) is 54.2 Å². The SMILES string of the molecule is CC(=O)O[C@H](C)C(=O)N(CC(C)C)NC(=O)[C@H](CC(C)C)[C@H](C/C=C/c1ccccc1)C(=O)NOC1CCCCO1. The fourth-order valence-corrected chi connectivity index (χ4v) is 4.63. The molecule has 0 aromatic heterocycles. The fraction of sp³-hybridized carbons (Fsp3) is 0.613. The number of nitrogens with one attached hydrogen (secondary N) is 2. The van der Waals surface area contributed by atoms with Gasteiger partial charge in [0.2, 0.25) is 11.8 Å². The summed E-state index contributed by atoms with van der Waals surface area (Å²) in [5.74, 6) is -3.52. The number of allylic oxidation sites excluding steroid dienone is 1. The van der Waals surface area contributed by atoms with Crippen molar-refractivity contribution in [2.24, 2.45) is 23.7 Å². The summed E-state index contributed by atoms with van der Waals surface area (Å²) >= 11 is 0. The van der Waals surface area contributed by atoms with Crippen molar-refractivity contribution in [2.45, 2.75) is 86.0 Å². The largest absolute Gasteiger partial charge is 0.453 e. The molecule has 1 aliphatic rings. The van der Waals surface area contributed by atoms with Gasteiger partial charge in [-0.05, 0) is 50.0 Å². The van der Waals surface area contributed by atoms with E-state index in [-0.39, 0.29) is 24.8 Å². The molecule has 0 spiro atoms. The van der Waals surface area contributed by atoms with E-state index in [1.54, 1.807) is 0 Å². The molecule has 0 bridgehead atoms. The van der Waals surface area contributed by atoms with Crippen LogP contribution in [0, 0.1) is 23.7 Å². The first-order chi connectivity index (χ1) is 19.5. The van der Waals surface area contributed by atoms with Crippen LogP contribution in [0.25, 0.3) is 6.08 Å². The zero-order chi connectivity index (χ0) is 30.4. The lowest BCUT2D eigenvalue weighted by molar-refractivity contribution is -0.203. The Morgan fingerprint density at radius 1 is 1.00 bits per heavy atom. The van der Waals surface area contributed by atoms with E-state index in [0.717, 1.165) is 18.4 Å². The van der Waals surface area contributed by atoms with E-state index in [9.17, 15) is 19.2 Å². The van der Waals surface area contributed by atoms with Crippen molar-refractivity contribution in [1.29, 1.82) is 0 Å². The number of benzene rings is 1. The molecular formula is C31H47N3O7. The van der Waals surface area contributed by atoms with Gasteiger partial charge < -0.3 is 9.47 Å². The topological polar surface area (TPSA) is 123 Å². The molecule has 1 aliphatic heterocycles. The highest BCUT2D eigenvalue weighted by molar-refractivity contribution is 5.90. The molecule has 10 nitrogen and oxygen atoms in total. The molecule has 1 heterocycles. The van der Waals surface area contributed by atoms with Crippen molar-refractivity contribution in [3.05, 3.63) is 42.0 Å². The van der Waals surface area contributed by atoms with E-state index >= 15 is 0 Å². The third kappa shape index (κ3) is 12.4. The number of hydrazine groups is 1. The molecule has 2 rings (SSSR count). The second-order valence-corrected chi connectivity index (χ2v) is 11.3. The van der Waals surface area contributed by atoms with Crippen LogP contribution in [0.4, 0.5) is 0 Å². The van der Waals surface area contributed by atoms with Crippen LogP contribution in [0.15, 0.2) is 36.4 Å². The lowest BCUT2D eigenvalue weighted by Crippen LogP contribution is -2.55. The van der Waals surface area contributed by atoms with Gasteiger partial charge in [-0.15, -0.1) is 0 Å². The van der Waals surface area contributed by atoms with Crippen LogP contribution in [0.5, 0.6) is 0 Å². The standard InChI is InChI=1S/C31H47N3O7/c1-21(2)19-27(29(36)32-34(20-22(3)4)31(38)23(5)40-24(6)35)26(16-12-15-25-13-8-7-9-14-25)30(37)33-41-28-17-10-11-18-39-28/h7-9,12-15,21-23,26-28H,10-11,16-20H2,1-6H3,(H,32,36)(H,33,37)/b15-12+/t23-,26+,27-,28?/m1/s1. The van der Waals surface area contributed by atoms with Crippen molar-refractivity contribution in [2.75, 3.05) is 13.2 Å². The third-order valence-corrected chi connectivity index (χ3v) is 6.56. The number of carbonyl (C=O) groups excluding carboxylic acids is 4. The number of nitrogens with zero attached hydrogens (tertiary/aromatic N) is 1. The van der Waals surface area contributed by atoms with Crippen LogP contribution in [0.1, 0.15) is 79.2 Å². The molecule has 10 heteroatoms. The van der Waals surface area contributed by atoms with Crippen molar-refractivity contribution in [3.63, 3.8) is 0 Å². The maximum atomic E-state index is 13.8. The van der Waals surface area contributed by atoms with Crippen LogP contribution < -0.4 is 10.9 Å². The molecule has 228 valence electrons. The summed E-state index contributed by atoms with van der Waals surface area (Å²) < 4.78 is 10.6. The highest BCUT2D eigenvalue weighted by Gasteiger charge is 2.36. The number of amides is 3. The van der Waals surface area contributed by atoms with E-state index < -0.39 is 47.9 Å². The van der Waals surface area contributed by atoms with Gasteiger partial charge in [-0.3, -0.25) is 29.6 Å². The minimum absolute atomic E-state index is 0.0177. The van der Waals surface area contributed by atoms with E-state index in [4.69, 9.17) is 14.3 Å². The van der Waals surface area contributed by atoms with Gasteiger partial charge in [0.1, 0.15) is 0 Å². The normalized spacial score (nSPS) is 17.6. The first-order valence-electron chi connectivity index (χ1n) is 14.6. The van der Waals surface area contributed by atoms with E-state index in [2.05, 4.69) is 10.9 Å². The average Bonchev–Trinajstić information content (AvgIpc) is 2.92. The summed E-state index contributed by atoms with van der Waals surface area (Å²) in [7, 11) is 0. The number of ether oxygens (including phenoxy) is 2. The van der Waals surface area contributed by atoms with E-state index in [1.165, 1.54) is 18.9 Å². The Balaban J connectivity index is 2.30. The quantitative estimate of drug-likeness (QED) is 0.250. The molecule has 1 fully saturated rings. The van der Waals surface area contributed by atoms with Gasteiger partial charge in [0.25, 0.3) is 5.91 Å². The molecule has 2 N–H and O–H groups in total. The highest BCUT2D eigenvalue weighted by atomic mass is 16.8. The van der Waals surface area contributed by atoms with Gasteiger partial charge in [-0.1, -0.05) is 70.2 Å². The molecule has 0 radical (unpaired) electrons.